The summed E-state index contributed by atoms with van der Waals surface area (Å²) in [5.41, 5.74) is 0.288. The minimum Gasteiger partial charge on any atom is -0.496 e. The van der Waals surface area contributed by atoms with E-state index in [0.29, 0.717) is 11.3 Å². The zero-order valence-corrected chi connectivity index (χ0v) is 10.00. The first kappa shape index (κ1) is 12.1. The number of methoxy groups -OCH3 is 1. The van der Waals surface area contributed by atoms with Crippen molar-refractivity contribution in [1.29, 1.82) is 0 Å². The summed E-state index contributed by atoms with van der Waals surface area (Å²) in [5, 5.41) is 0. The molecule has 0 N–H and O–H groups in total. The molecule has 0 unspecified atom stereocenters. The molecule has 1 aromatic heterocycles. The standard InChI is InChI=1S/C14H13NO3/c1-18-13-7-3-2-6-11(13)12(16)10-15-9-5-4-8-14(15)17/h2-9H,10H2,1H3. The van der Waals surface area contributed by atoms with E-state index in [2.05, 4.69) is 0 Å². The molecule has 4 nitrogen and oxygen atoms in total. The first-order valence-corrected chi connectivity index (χ1v) is 5.54. The van der Waals surface area contributed by atoms with Gasteiger partial charge >= 0.3 is 0 Å². The van der Waals surface area contributed by atoms with E-state index in [0.717, 1.165) is 0 Å². The second kappa shape index (κ2) is 5.31. The van der Waals surface area contributed by atoms with Gasteiger partial charge in [-0.2, -0.15) is 0 Å². The second-order valence-electron chi connectivity index (χ2n) is 3.79. The summed E-state index contributed by atoms with van der Waals surface area (Å²) < 4.78 is 6.50. The fraction of sp³-hybridized carbons (Fsp3) is 0.143. The summed E-state index contributed by atoms with van der Waals surface area (Å²) >= 11 is 0. The number of ether oxygens (including phenoxy) is 1. The summed E-state index contributed by atoms with van der Waals surface area (Å²) in [5.74, 6) is 0.368. The monoisotopic (exact) mass is 243 g/mol. The highest BCUT2D eigenvalue weighted by Gasteiger charge is 2.12. The van der Waals surface area contributed by atoms with Crippen LogP contribution in [0, 0.1) is 0 Å². The van der Waals surface area contributed by atoms with Crippen LogP contribution in [0.15, 0.2) is 53.5 Å². The molecule has 92 valence electrons. The zero-order valence-electron chi connectivity index (χ0n) is 10.00. The lowest BCUT2D eigenvalue weighted by Crippen LogP contribution is -2.22. The molecule has 1 aromatic carbocycles. The highest BCUT2D eigenvalue weighted by Crippen LogP contribution is 2.18. The molecule has 0 aliphatic heterocycles. The van der Waals surface area contributed by atoms with Crippen LogP contribution < -0.4 is 10.3 Å². The van der Waals surface area contributed by atoms with Gasteiger partial charge in [-0.15, -0.1) is 0 Å². The number of hydrogen-bond donors (Lipinski definition) is 0. The molecule has 0 fully saturated rings. The van der Waals surface area contributed by atoms with Crippen LogP contribution in [-0.2, 0) is 6.54 Å². The number of aromatic nitrogens is 1. The molecule has 2 rings (SSSR count). The van der Waals surface area contributed by atoms with Gasteiger partial charge in [0.15, 0.2) is 5.78 Å². The van der Waals surface area contributed by atoms with Crippen LogP contribution in [0.3, 0.4) is 0 Å². The number of hydrogen-bond acceptors (Lipinski definition) is 3. The highest BCUT2D eigenvalue weighted by molar-refractivity contribution is 5.98. The average molecular weight is 243 g/mol. The molecular weight excluding hydrogens is 230 g/mol. The van der Waals surface area contributed by atoms with E-state index in [1.165, 1.54) is 17.7 Å². The van der Waals surface area contributed by atoms with Crippen LogP contribution in [0.1, 0.15) is 10.4 Å². The first-order valence-electron chi connectivity index (χ1n) is 5.54. The maximum absolute atomic E-state index is 12.1. The predicted molar refractivity (Wildman–Crippen MR) is 68.0 cm³/mol. The topological polar surface area (TPSA) is 48.3 Å². The zero-order chi connectivity index (χ0) is 13.0. The van der Waals surface area contributed by atoms with E-state index in [1.807, 2.05) is 0 Å². The van der Waals surface area contributed by atoms with Crippen LogP contribution in [0.2, 0.25) is 0 Å². The van der Waals surface area contributed by atoms with Crippen LogP contribution in [0.5, 0.6) is 5.75 Å². The van der Waals surface area contributed by atoms with Crippen LogP contribution in [0.4, 0.5) is 0 Å². The molecule has 0 amide bonds. The Morgan fingerprint density at radius 3 is 2.61 bits per heavy atom. The van der Waals surface area contributed by atoms with Crippen molar-refractivity contribution in [1.82, 2.24) is 4.57 Å². The number of nitrogens with zero attached hydrogens (tertiary/aromatic N) is 1. The molecule has 0 atom stereocenters. The Balaban J connectivity index is 2.28. The van der Waals surface area contributed by atoms with E-state index >= 15 is 0 Å². The van der Waals surface area contributed by atoms with Gasteiger partial charge in [-0.05, 0) is 18.2 Å². The number of Topliss-reactive ketones (excluding diaryl/α,β-unsaturated/α-hetero) is 1. The molecule has 18 heavy (non-hydrogen) atoms. The third kappa shape index (κ3) is 2.48. The minimum atomic E-state index is -0.194. The number of benzene rings is 1. The smallest absolute Gasteiger partial charge is 0.250 e. The first-order chi connectivity index (χ1) is 8.72. The van der Waals surface area contributed by atoms with Gasteiger partial charge in [0.1, 0.15) is 5.75 Å². The van der Waals surface area contributed by atoms with Gasteiger partial charge in [0, 0.05) is 12.3 Å². The van der Waals surface area contributed by atoms with E-state index in [4.69, 9.17) is 4.74 Å². The average Bonchev–Trinajstić information content (AvgIpc) is 2.41. The normalized spacial score (nSPS) is 10.1. The molecule has 4 heteroatoms. The number of rotatable bonds is 4. The summed E-state index contributed by atoms with van der Waals surface area (Å²) in [6, 6.07) is 11.8. The Labute approximate surface area is 104 Å². The highest BCUT2D eigenvalue weighted by atomic mass is 16.5. The van der Waals surface area contributed by atoms with Crippen molar-refractivity contribution in [3.05, 3.63) is 64.6 Å². The van der Waals surface area contributed by atoms with Crippen molar-refractivity contribution in [2.45, 2.75) is 6.54 Å². The van der Waals surface area contributed by atoms with E-state index in [9.17, 15) is 9.59 Å². The third-order valence-corrected chi connectivity index (χ3v) is 2.62. The molecule has 0 saturated heterocycles. The molecule has 0 aliphatic rings. The van der Waals surface area contributed by atoms with Gasteiger partial charge in [0.2, 0.25) is 0 Å². The quantitative estimate of drug-likeness (QED) is 0.768. The van der Waals surface area contributed by atoms with Crippen LogP contribution >= 0.6 is 0 Å². The fourth-order valence-corrected chi connectivity index (χ4v) is 1.71. The van der Waals surface area contributed by atoms with Crippen molar-refractivity contribution in [3.8, 4) is 5.75 Å². The third-order valence-electron chi connectivity index (χ3n) is 2.62. The number of carbonyl (C=O) groups is 1. The van der Waals surface area contributed by atoms with Crippen molar-refractivity contribution in [2.75, 3.05) is 7.11 Å². The molecule has 0 radical (unpaired) electrons. The lowest BCUT2D eigenvalue weighted by Gasteiger charge is -2.08. The number of ketones is 1. The Hall–Kier alpha value is -2.36. The SMILES string of the molecule is COc1ccccc1C(=O)Cn1ccccc1=O. The van der Waals surface area contributed by atoms with Gasteiger partial charge in [-0.3, -0.25) is 9.59 Å². The maximum atomic E-state index is 12.1. The molecule has 0 spiro atoms. The predicted octanol–water partition coefficient (Wildman–Crippen LogP) is 1.74. The summed E-state index contributed by atoms with van der Waals surface area (Å²) in [7, 11) is 1.51. The van der Waals surface area contributed by atoms with Crippen molar-refractivity contribution < 1.29 is 9.53 Å². The number of pyridine rings is 1. The molecule has 0 saturated carbocycles. The van der Waals surface area contributed by atoms with E-state index < -0.39 is 0 Å². The minimum absolute atomic E-state index is 0.0139. The van der Waals surface area contributed by atoms with E-state index in [-0.39, 0.29) is 17.9 Å². The van der Waals surface area contributed by atoms with Crippen LogP contribution in [0.25, 0.3) is 0 Å². The molecule has 0 bridgehead atoms. The van der Waals surface area contributed by atoms with Crippen molar-refractivity contribution >= 4 is 5.78 Å². The lowest BCUT2D eigenvalue weighted by molar-refractivity contribution is 0.0968. The largest absolute Gasteiger partial charge is 0.496 e. The van der Waals surface area contributed by atoms with Gasteiger partial charge in [-0.1, -0.05) is 18.2 Å². The van der Waals surface area contributed by atoms with Gasteiger partial charge in [0.25, 0.3) is 5.56 Å². The van der Waals surface area contributed by atoms with Gasteiger partial charge in [-0.25, -0.2) is 0 Å². The Morgan fingerprint density at radius 1 is 1.17 bits per heavy atom. The lowest BCUT2D eigenvalue weighted by atomic mass is 10.1. The van der Waals surface area contributed by atoms with Crippen molar-refractivity contribution in [3.63, 3.8) is 0 Å². The maximum Gasteiger partial charge on any atom is 0.250 e. The molecule has 0 aliphatic carbocycles. The molecule has 2 aromatic rings. The van der Waals surface area contributed by atoms with Gasteiger partial charge in [0.05, 0.1) is 19.2 Å². The van der Waals surface area contributed by atoms with Gasteiger partial charge < -0.3 is 9.30 Å². The Kier molecular flexibility index (Phi) is 3.57. The second-order valence-corrected chi connectivity index (χ2v) is 3.79. The van der Waals surface area contributed by atoms with Crippen molar-refractivity contribution in [2.24, 2.45) is 0 Å². The summed E-state index contributed by atoms with van der Waals surface area (Å²) in [4.78, 5) is 23.6. The molecule has 1 heterocycles. The Bertz CT molecular complexity index is 616. The number of carbonyl (C=O) groups excluding carboxylic acids is 1. The number of para-hydroxylation sites is 1. The Morgan fingerprint density at radius 2 is 1.89 bits per heavy atom. The summed E-state index contributed by atoms with van der Waals surface area (Å²) in [6.45, 7) is 0.0139. The fourth-order valence-electron chi connectivity index (χ4n) is 1.71. The molecular formula is C14H13NO3. The van der Waals surface area contributed by atoms with Crippen LogP contribution in [-0.4, -0.2) is 17.5 Å². The summed E-state index contributed by atoms with van der Waals surface area (Å²) in [6.07, 6.45) is 1.59. The van der Waals surface area contributed by atoms with E-state index in [1.54, 1.807) is 42.6 Å².